The number of ether oxygens (including phenoxy) is 1. The van der Waals surface area contributed by atoms with Crippen LogP contribution in [0.15, 0.2) is 53.2 Å². The number of rotatable bonds is 4. The number of hydrogen-bond acceptors (Lipinski definition) is 2. The maximum Gasteiger partial charge on any atom is 0.114 e. The Kier molecular flexibility index (Phi) is 4.09. The summed E-state index contributed by atoms with van der Waals surface area (Å²) >= 11 is 0. The number of benzene rings is 1. The fourth-order valence-electron chi connectivity index (χ4n) is 3.99. The van der Waals surface area contributed by atoms with Gasteiger partial charge in [-0.1, -0.05) is 42.5 Å². The molecule has 0 N–H and O–H groups in total. The minimum absolute atomic E-state index is 0.261. The second-order valence-corrected chi connectivity index (χ2v) is 6.88. The van der Waals surface area contributed by atoms with Crippen LogP contribution >= 0.6 is 0 Å². The van der Waals surface area contributed by atoms with E-state index in [1.165, 1.54) is 53.7 Å². The summed E-state index contributed by atoms with van der Waals surface area (Å²) in [4.78, 5) is 0. The van der Waals surface area contributed by atoms with Crippen LogP contribution in [-0.2, 0) is 24.2 Å². The van der Waals surface area contributed by atoms with Gasteiger partial charge in [0.15, 0.2) is 0 Å². The third-order valence-corrected chi connectivity index (χ3v) is 5.26. The molecule has 1 saturated carbocycles. The molecule has 4 rings (SSSR count). The molecular weight excluding hydrogens is 284 g/mol. The quantitative estimate of drug-likeness (QED) is 0.726. The Hall–Kier alpha value is -1.80. The monoisotopic (exact) mass is 308 g/mol. The molecule has 1 aromatic heterocycles. The highest BCUT2D eigenvalue weighted by Gasteiger charge is 2.34. The fourth-order valence-corrected chi connectivity index (χ4v) is 3.99. The van der Waals surface area contributed by atoms with Crippen LogP contribution in [0.1, 0.15) is 54.1 Å². The van der Waals surface area contributed by atoms with E-state index in [0.29, 0.717) is 12.5 Å². The van der Waals surface area contributed by atoms with E-state index in [1.54, 1.807) is 0 Å². The molecule has 0 amide bonds. The van der Waals surface area contributed by atoms with Gasteiger partial charge < -0.3 is 9.15 Å². The van der Waals surface area contributed by atoms with Crippen molar-refractivity contribution in [2.24, 2.45) is 0 Å². The van der Waals surface area contributed by atoms with Crippen LogP contribution < -0.4 is 0 Å². The van der Waals surface area contributed by atoms with Gasteiger partial charge in [-0.15, -0.1) is 0 Å². The molecule has 1 heterocycles. The smallest absolute Gasteiger partial charge is 0.114 e. The fraction of sp³-hybridized carbons (Fsp3) is 0.429. The van der Waals surface area contributed by atoms with E-state index in [2.05, 4.69) is 30.8 Å². The molecule has 2 heteroatoms. The molecule has 1 unspecified atom stereocenters. The second-order valence-electron chi connectivity index (χ2n) is 6.88. The molecule has 2 aliphatic rings. The zero-order valence-corrected chi connectivity index (χ0v) is 13.6. The van der Waals surface area contributed by atoms with Gasteiger partial charge in [-0.2, -0.15) is 0 Å². The molecule has 0 aliphatic heterocycles. The van der Waals surface area contributed by atoms with E-state index in [0.717, 1.165) is 12.8 Å². The van der Waals surface area contributed by atoms with Crippen LogP contribution in [0.2, 0.25) is 0 Å². The largest absolute Gasteiger partial charge is 0.468 e. The Morgan fingerprint density at radius 1 is 1.13 bits per heavy atom. The normalized spacial score (nSPS) is 23.9. The molecule has 0 radical (unpaired) electrons. The number of aryl methyl sites for hydroxylation is 1. The van der Waals surface area contributed by atoms with Crippen molar-refractivity contribution in [1.82, 2.24) is 0 Å². The van der Waals surface area contributed by atoms with Crippen molar-refractivity contribution in [3.63, 3.8) is 0 Å². The lowest BCUT2D eigenvalue weighted by atomic mass is 9.89. The predicted molar refractivity (Wildman–Crippen MR) is 91.5 cm³/mol. The molecule has 2 aliphatic carbocycles. The van der Waals surface area contributed by atoms with Crippen LogP contribution in [0.4, 0.5) is 0 Å². The van der Waals surface area contributed by atoms with Gasteiger partial charge in [-0.05, 0) is 55.2 Å². The maximum atomic E-state index is 6.13. The SMILES string of the molecule is C=C1C[C@H](OCc2ccccc2)CC1c1occ2c1CCCC2. The van der Waals surface area contributed by atoms with E-state index >= 15 is 0 Å². The minimum atomic E-state index is 0.261. The Balaban J connectivity index is 1.43. The Labute approximate surface area is 138 Å². The number of hydrogen-bond donors (Lipinski definition) is 0. The van der Waals surface area contributed by atoms with Crippen LogP contribution in [0.3, 0.4) is 0 Å². The molecular formula is C21H24O2. The highest BCUT2D eigenvalue weighted by molar-refractivity contribution is 5.37. The van der Waals surface area contributed by atoms with Crippen molar-refractivity contribution < 1.29 is 9.15 Å². The van der Waals surface area contributed by atoms with Crippen LogP contribution in [-0.4, -0.2) is 6.10 Å². The molecule has 1 aromatic carbocycles. The van der Waals surface area contributed by atoms with E-state index in [-0.39, 0.29) is 6.10 Å². The van der Waals surface area contributed by atoms with Crippen LogP contribution in [0, 0.1) is 0 Å². The zero-order valence-electron chi connectivity index (χ0n) is 13.6. The van der Waals surface area contributed by atoms with Gasteiger partial charge in [-0.3, -0.25) is 0 Å². The second kappa shape index (κ2) is 6.37. The van der Waals surface area contributed by atoms with Crippen molar-refractivity contribution in [2.75, 3.05) is 0 Å². The van der Waals surface area contributed by atoms with Gasteiger partial charge >= 0.3 is 0 Å². The van der Waals surface area contributed by atoms with E-state index in [1.807, 2.05) is 12.3 Å². The molecule has 120 valence electrons. The molecule has 0 bridgehead atoms. The van der Waals surface area contributed by atoms with Crippen molar-refractivity contribution in [1.29, 1.82) is 0 Å². The zero-order chi connectivity index (χ0) is 15.6. The first-order chi connectivity index (χ1) is 11.3. The van der Waals surface area contributed by atoms with Gasteiger partial charge in [0.2, 0.25) is 0 Å². The molecule has 0 saturated heterocycles. The number of furan rings is 1. The molecule has 1 fully saturated rings. The lowest BCUT2D eigenvalue weighted by Crippen LogP contribution is -2.09. The van der Waals surface area contributed by atoms with Crippen LogP contribution in [0.5, 0.6) is 0 Å². The molecule has 2 aromatic rings. The molecule has 2 nitrogen and oxygen atoms in total. The maximum absolute atomic E-state index is 6.13. The summed E-state index contributed by atoms with van der Waals surface area (Å²) in [5.41, 5.74) is 5.39. The summed E-state index contributed by atoms with van der Waals surface area (Å²) in [6, 6.07) is 10.4. The predicted octanol–water partition coefficient (Wildman–Crippen LogP) is 5.18. The van der Waals surface area contributed by atoms with Crippen molar-refractivity contribution in [2.45, 2.75) is 57.2 Å². The summed E-state index contributed by atoms with van der Waals surface area (Å²) in [6.07, 6.45) is 9.12. The van der Waals surface area contributed by atoms with Gasteiger partial charge in [0, 0.05) is 5.92 Å². The van der Waals surface area contributed by atoms with Gasteiger partial charge in [0.1, 0.15) is 5.76 Å². The minimum Gasteiger partial charge on any atom is -0.468 e. The van der Waals surface area contributed by atoms with Gasteiger partial charge in [-0.25, -0.2) is 0 Å². The Bertz CT molecular complexity index is 683. The van der Waals surface area contributed by atoms with Crippen molar-refractivity contribution in [3.8, 4) is 0 Å². The highest BCUT2D eigenvalue weighted by atomic mass is 16.5. The van der Waals surface area contributed by atoms with Gasteiger partial charge in [0.25, 0.3) is 0 Å². The lowest BCUT2D eigenvalue weighted by Gasteiger charge is -2.15. The van der Waals surface area contributed by atoms with E-state index < -0.39 is 0 Å². The third kappa shape index (κ3) is 3.00. The van der Waals surface area contributed by atoms with Crippen LogP contribution in [0.25, 0.3) is 0 Å². The molecule has 23 heavy (non-hydrogen) atoms. The summed E-state index contributed by atoms with van der Waals surface area (Å²) in [6.45, 7) is 4.99. The van der Waals surface area contributed by atoms with Crippen molar-refractivity contribution >= 4 is 0 Å². The molecule has 2 atom stereocenters. The standard InChI is InChI=1S/C21H24O2/c1-15-11-18(22-13-16-7-3-2-4-8-16)12-20(15)21-19-10-6-5-9-17(19)14-23-21/h2-4,7-8,14,18,20H,1,5-6,9-13H2/t18-,20?/m0/s1. The number of fused-ring (bicyclic) bond motifs is 1. The first kappa shape index (κ1) is 14.8. The Morgan fingerprint density at radius 2 is 1.96 bits per heavy atom. The average Bonchev–Trinajstić information content (AvgIpc) is 3.17. The Morgan fingerprint density at radius 3 is 2.83 bits per heavy atom. The average molecular weight is 308 g/mol. The summed E-state index contributed by atoms with van der Waals surface area (Å²) in [5, 5.41) is 0. The third-order valence-electron chi connectivity index (χ3n) is 5.26. The van der Waals surface area contributed by atoms with E-state index in [9.17, 15) is 0 Å². The summed E-state index contributed by atoms with van der Waals surface area (Å²) in [7, 11) is 0. The van der Waals surface area contributed by atoms with Gasteiger partial charge in [0.05, 0.1) is 19.0 Å². The lowest BCUT2D eigenvalue weighted by molar-refractivity contribution is 0.0457. The summed E-state index contributed by atoms with van der Waals surface area (Å²) < 4.78 is 12.1. The highest BCUT2D eigenvalue weighted by Crippen LogP contribution is 2.43. The summed E-state index contributed by atoms with van der Waals surface area (Å²) in [5.74, 6) is 1.52. The van der Waals surface area contributed by atoms with Crippen molar-refractivity contribution in [3.05, 3.63) is 71.2 Å². The first-order valence-electron chi connectivity index (χ1n) is 8.73. The first-order valence-corrected chi connectivity index (χ1v) is 8.73. The van der Waals surface area contributed by atoms with E-state index in [4.69, 9.17) is 9.15 Å². The molecule has 0 spiro atoms. The topological polar surface area (TPSA) is 22.4 Å².